The molecule has 1 saturated heterocycles. The number of nitrogens with two attached hydrogens (primary N) is 3. The summed E-state index contributed by atoms with van der Waals surface area (Å²) in [5, 5.41) is 0. The zero-order valence-electron chi connectivity index (χ0n) is 8.03. The number of nitrogens with one attached hydrogen (secondary N) is 1. The first-order valence-corrected chi connectivity index (χ1v) is 3.62. The van der Waals surface area contributed by atoms with Crippen molar-refractivity contribution < 1.29 is 42.2 Å². The van der Waals surface area contributed by atoms with Gasteiger partial charge in [-0.2, -0.15) is 0 Å². The van der Waals surface area contributed by atoms with Crippen LogP contribution in [0.25, 0.3) is 5.73 Å². The van der Waals surface area contributed by atoms with Crippen LogP contribution in [0.1, 0.15) is 0 Å². The van der Waals surface area contributed by atoms with Crippen LogP contribution in [0.3, 0.4) is 0 Å². The molecule has 7 heteroatoms. The molecule has 1 fully saturated rings. The van der Waals surface area contributed by atoms with E-state index in [2.05, 4.69) is 17.2 Å². The van der Waals surface area contributed by atoms with Gasteiger partial charge in [0.2, 0.25) is 0 Å². The average Bonchev–Trinajstić information content (AvgIpc) is 2.76. The van der Waals surface area contributed by atoms with E-state index < -0.39 is 0 Å². The molecule has 6 nitrogen and oxygen atoms in total. The van der Waals surface area contributed by atoms with Crippen LogP contribution in [0, 0.1) is 0 Å². The molecule has 1 heterocycles. The summed E-state index contributed by atoms with van der Waals surface area (Å²) in [6.45, 7) is 1.91. The fourth-order valence-electron chi connectivity index (χ4n) is 0.350. The predicted molar refractivity (Wildman–Crippen MR) is 48.2 cm³/mol. The Morgan fingerprint density at radius 1 is 1.46 bits per heavy atom. The van der Waals surface area contributed by atoms with Gasteiger partial charge in [-0.25, -0.2) is 0 Å². The van der Waals surface area contributed by atoms with Gasteiger partial charge in [0, 0.05) is 46.5 Å². The predicted octanol–water partition coefficient (Wildman–Crippen LogP) is -1.15. The molecule has 1 aliphatic heterocycles. The molecule has 0 amide bonds. The van der Waals surface area contributed by atoms with E-state index in [0.29, 0.717) is 6.10 Å². The van der Waals surface area contributed by atoms with Crippen molar-refractivity contribution in [1.29, 1.82) is 0 Å². The van der Waals surface area contributed by atoms with Crippen LogP contribution in [-0.2, 0) is 42.2 Å². The monoisotopic (exact) mass is 268 g/mol. The molecule has 0 aliphatic carbocycles. The normalized spacial score (nSPS) is 16.8. The molecule has 13 heavy (non-hydrogen) atoms. The standard InChI is InChI=1S/C4H8O2.CH6N2.CH5N2.Y/c1-5-2-4-3-6-4;2*2-1-3;/h4H,2-3H2,1H3;1-3H2;2H,1,3H2;/q;;-1;. The van der Waals surface area contributed by atoms with E-state index in [1.54, 1.807) is 7.11 Å². The largest absolute Gasteiger partial charge is 0.665 e. The molecule has 1 radical (unpaired) electrons. The first-order chi connectivity index (χ1) is 5.76. The topological polar surface area (TPSA) is 124 Å². The third-order valence-electron chi connectivity index (χ3n) is 0.755. The number of rotatable bonds is 2. The van der Waals surface area contributed by atoms with Crippen molar-refractivity contribution in [2.75, 3.05) is 33.7 Å². The van der Waals surface area contributed by atoms with Crippen LogP contribution in [0.15, 0.2) is 0 Å². The Morgan fingerprint density at radius 3 is 1.85 bits per heavy atom. The molecular weight excluding hydrogens is 249 g/mol. The van der Waals surface area contributed by atoms with Gasteiger partial charge in [-0.15, -0.1) is 6.67 Å². The summed E-state index contributed by atoms with van der Waals surface area (Å²) in [6.07, 6.45) is 0.426. The number of hydrogen-bond acceptors (Lipinski definition) is 5. The van der Waals surface area contributed by atoms with E-state index in [1.165, 1.54) is 0 Å². The minimum Gasteiger partial charge on any atom is -0.665 e. The fourth-order valence-corrected chi connectivity index (χ4v) is 0.350. The van der Waals surface area contributed by atoms with Crippen molar-refractivity contribution in [1.82, 2.24) is 0 Å². The Labute approximate surface area is 105 Å². The number of hydrogen-bond donors (Lipinski definition) is 3. The van der Waals surface area contributed by atoms with Gasteiger partial charge in [0.05, 0.1) is 13.2 Å². The first kappa shape index (κ1) is 19.4. The summed E-state index contributed by atoms with van der Waals surface area (Å²) in [5.74, 6) is 0. The van der Waals surface area contributed by atoms with E-state index in [4.69, 9.17) is 15.2 Å². The molecule has 0 bridgehead atoms. The van der Waals surface area contributed by atoms with Crippen molar-refractivity contribution >= 4 is 0 Å². The SMILES string of the molecule is COCC1CO1.NCN.[NH-]CN.[Y]. The molecule has 0 aromatic heterocycles. The second-order valence-corrected chi connectivity index (χ2v) is 1.85. The second kappa shape index (κ2) is 18.6. The smallest absolute Gasteiger partial charge is 0.104 e. The Kier molecular flexibility index (Phi) is 27.8. The van der Waals surface area contributed by atoms with Gasteiger partial charge < -0.3 is 32.4 Å². The molecule has 0 spiro atoms. The van der Waals surface area contributed by atoms with E-state index in [9.17, 15) is 0 Å². The molecule has 1 rings (SSSR count). The van der Waals surface area contributed by atoms with Crippen LogP contribution in [-0.4, -0.2) is 39.8 Å². The maximum atomic E-state index is 5.99. The van der Waals surface area contributed by atoms with Gasteiger partial charge in [0.15, 0.2) is 0 Å². The molecule has 0 aromatic carbocycles. The van der Waals surface area contributed by atoms with Gasteiger partial charge >= 0.3 is 0 Å². The molecule has 1 atom stereocenters. The quantitative estimate of drug-likeness (QED) is 0.430. The van der Waals surface area contributed by atoms with E-state index in [1.807, 2.05) is 0 Å². The molecule has 79 valence electrons. The van der Waals surface area contributed by atoms with Gasteiger partial charge in [-0.05, 0) is 0 Å². The molecular formula is C6H19N4O2Y-. The summed E-state index contributed by atoms with van der Waals surface area (Å²) in [4.78, 5) is 0. The first-order valence-electron chi connectivity index (χ1n) is 3.62. The van der Waals surface area contributed by atoms with E-state index in [-0.39, 0.29) is 46.0 Å². The van der Waals surface area contributed by atoms with Crippen LogP contribution in [0.5, 0.6) is 0 Å². The van der Waals surface area contributed by atoms with E-state index in [0.717, 1.165) is 13.2 Å². The number of methoxy groups -OCH3 is 1. The Bertz CT molecular complexity index is 73.7. The molecule has 1 unspecified atom stereocenters. The van der Waals surface area contributed by atoms with Crippen molar-refractivity contribution in [3.05, 3.63) is 5.73 Å². The van der Waals surface area contributed by atoms with Gasteiger partial charge in [0.25, 0.3) is 0 Å². The van der Waals surface area contributed by atoms with Crippen LogP contribution in [0.4, 0.5) is 0 Å². The van der Waals surface area contributed by atoms with Crippen LogP contribution < -0.4 is 17.2 Å². The third-order valence-corrected chi connectivity index (χ3v) is 0.755. The van der Waals surface area contributed by atoms with Gasteiger partial charge in [0.1, 0.15) is 6.10 Å². The van der Waals surface area contributed by atoms with E-state index >= 15 is 0 Å². The fraction of sp³-hybridized carbons (Fsp3) is 1.00. The number of ether oxygens (including phenoxy) is 2. The van der Waals surface area contributed by atoms with Crippen molar-refractivity contribution in [2.45, 2.75) is 6.10 Å². The zero-order chi connectivity index (χ0) is 9.82. The molecule has 0 saturated carbocycles. The summed E-state index contributed by atoms with van der Waals surface area (Å²) < 4.78 is 9.56. The summed E-state index contributed by atoms with van der Waals surface area (Å²) in [7, 11) is 1.68. The van der Waals surface area contributed by atoms with Gasteiger partial charge in [-0.1, -0.05) is 0 Å². The van der Waals surface area contributed by atoms with Crippen molar-refractivity contribution in [3.63, 3.8) is 0 Å². The summed E-state index contributed by atoms with van der Waals surface area (Å²) in [6, 6.07) is 0. The summed E-state index contributed by atoms with van der Waals surface area (Å²) >= 11 is 0. The Morgan fingerprint density at radius 2 is 1.77 bits per heavy atom. The van der Waals surface area contributed by atoms with Crippen LogP contribution >= 0.6 is 0 Å². The third kappa shape index (κ3) is 32.2. The Balaban J connectivity index is -0.000000126. The second-order valence-electron chi connectivity index (χ2n) is 1.85. The molecule has 7 N–H and O–H groups in total. The average molecular weight is 268 g/mol. The Hall–Kier alpha value is 0.864. The molecule has 1 aliphatic rings. The maximum absolute atomic E-state index is 5.99. The van der Waals surface area contributed by atoms with Gasteiger partial charge in [-0.3, -0.25) is 0 Å². The minimum atomic E-state index is 0. The summed E-state index contributed by atoms with van der Waals surface area (Å²) in [5.41, 5.74) is 19.8. The van der Waals surface area contributed by atoms with Crippen LogP contribution in [0.2, 0.25) is 0 Å². The maximum Gasteiger partial charge on any atom is 0.104 e. The number of epoxide rings is 1. The molecule has 0 aromatic rings. The zero-order valence-corrected chi connectivity index (χ0v) is 10.9. The minimum absolute atomic E-state index is 0. The van der Waals surface area contributed by atoms with Crippen molar-refractivity contribution in [2.24, 2.45) is 17.2 Å². The van der Waals surface area contributed by atoms with Crippen molar-refractivity contribution in [3.8, 4) is 0 Å².